The van der Waals surface area contributed by atoms with Crippen molar-refractivity contribution >= 4 is 22.6 Å². The van der Waals surface area contributed by atoms with Gasteiger partial charge in [0.2, 0.25) is 0 Å². The monoisotopic (exact) mass is 278 g/mol. The van der Waals surface area contributed by atoms with Crippen LogP contribution in [0.4, 0.5) is 0 Å². The normalized spacial score (nSPS) is 10.3. The Kier molecular flexibility index (Phi) is 3.20. The molecule has 0 atom stereocenters. The third-order valence-electron chi connectivity index (χ3n) is 1.28. The molecule has 1 aromatic rings. The van der Waals surface area contributed by atoms with E-state index in [0.29, 0.717) is 0 Å². The average Bonchev–Trinajstić information content (AvgIpc) is 1.94. The summed E-state index contributed by atoms with van der Waals surface area (Å²) in [5, 5.41) is 9.11. The second kappa shape index (κ2) is 3.98. The topological polar surface area (TPSA) is 29.5 Å². The summed E-state index contributed by atoms with van der Waals surface area (Å²) >= 11 is 2.13. The van der Waals surface area contributed by atoms with Gasteiger partial charge in [-0.2, -0.15) is 0 Å². The summed E-state index contributed by atoms with van der Waals surface area (Å²) in [7, 11) is 0. The molecule has 0 fully saturated rings. The van der Waals surface area contributed by atoms with Gasteiger partial charge in [-0.05, 0) is 54.6 Å². The van der Waals surface area contributed by atoms with Crippen LogP contribution in [0.5, 0.6) is 11.5 Å². The number of rotatable bonds is 2. The Morgan fingerprint density at radius 3 is 2.58 bits per heavy atom. The minimum Gasteiger partial charge on any atom is -0.508 e. The van der Waals surface area contributed by atoms with E-state index in [1.807, 2.05) is 13.8 Å². The molecule has 1 rings (SSSR count). The van der Waals surface area contributed by atoms with E-state index >= 15 is 0 Å². The van der Waals surface area contributed by atoms with Gasteiger partial charge >= 0.3 is 0 Å². The SMILES string of the molecule is CC(C)Oc1ccc(O)cc1I. The Hall–Kier alpha value is -0.450. The zero-order valence-electron chi connectivity index (χ0n) is 7.04. The van der Waals surface area contributed by atoms with Crippen molar-refractivity contribution in [3.8, 4) is 11.5 Å². The maximum atomic E-state index is 9.11. The van der Waals surface area contributed by atoms with Crippen LogP contribution in [0.15, 0.2) is 18.2 Å². The van der Waals surface area contributed by atoms with Gasteiger partial charge in [0.1, 0.15) is 11.5 Å². The molecule has 0 saturated carbocycles. The number of hydrogen-bond donors (Lipinski definition) is 1. The first-order chi connectivity index (χ1) is 5.59. The summed E-state index contributed by atoms with van der Waals surface area (Å²) in [5.74, 6) is 1.10. The highest BCUT2D eigenvalue weighted by Crippen LogP contribution is 2.25. The highest BCUT2D eigenvalue weighted by molar-refractivity contribution is 14.1. The largest absolute Gasteiger partial charge is 0.508 e. The summed E-state index contributed by atoms with van der Waals surface area (Å²) < 4.78 is 6.41. The predicted molar refractivity (Wildman–Crippen MR) is 56.6 cm³/mol. The molecule has 1 aromatic carbocycles. The highest BCUT2D eigenvalue weighted by atomic mass is 127. The molecule has 0 amide bonds. The molecule has 0 spiro atoms. The molecule has 0 aliphatic heterocycles. The Bertz CT molecular complexity index is 271. The van der Waals surface area contributed by atoms with Crippen LogP contribution in [0.3, 0.4) is 0 Å². The first kappa shape index (κ1) is 9.64. The Morgan fingerprint density at radius 1 is 1.42 bits per heavy atom. The van der Waals surface area contributed by atoms with E-state index in [-0.39, 0.29) is 11.9 Å². The van der Waals surface area contributed by atoms with Crippen molar-refractivity contribution in [2.45, 2.75) is 20.0 Å². The first-order valence-corrected chi connectivity index (χ1v) is 4.82. The number of phenolic OH excluding ortho intramolecular Hbond substituents is 1. The van der Waals surface area contributed by atoms with Crippen molar-refractivity contribution in [2.24, 2.45) is 0 Å². The van der Waals surface area contributed by atoms with Crippen molar-refractivity contribution in [2.75, 3.05) is 0 Å². The predicted octanol–water partition coefficient (Wildman–Crippen LogP) is 2.78. The number of ether oxygens (including phenoxy) is 1. The van der Waals surface area contributed by atoms with E-state index in [9.17, 15) is 0 Å². The van der Waals surface area contributed by atoms with Crippen LogP contribution in [0, 0.1) is 3.57 Å². The number of halogens is 1. The van der Waals surface area contributed by atoms with Crippen LogP contribution in [0.2, 0.25) is 0 Å². The third-order valence-corrected chi connectivity index (χ3v) is 2.12. The minimum absolute atomic E-state index is 0.169. The molecule has 1 N–H and O–H groups in total. The Balaban J connectivity index is 2.86. The van der Waals surface area contributed by atoms with Gasteiger partial charge in [0, 0.05) is 0 Å². The van der Waals surface area contributed by atoms with Gasteiger partial charge in [-0.3, -0.25) is 0 Å². The van der Waals surface area contributed by atoms with Crippen LogP contribution in [0.25, 0.3) is 0 Å². The standard InChI is InChI=1S/C9H11IO2/c1-6(2)12-9-4-3-7(11)5-8(9)10/h3-6,11H,1-2H3. The van der Waals surface area contributed by atoms with E-state index < -0.39 is 0 Å². The summed E-state index contributed by atoms with van der Waals surface area (Å²) in [4.78, 5) is 0. The van der Waals surface area contributed by atoms with Crippen LogP contribution >= 0.6 is 22.6 Å². The van der Waals surface area contributed by atoms with Crippen LogP contribution < -0.4 is 4.74 Å². The molecule has 0 saturated heterocycles. The summed E-state index contributed by atoms with van der Waals surface area (Å²) in [6.45, 7) is 3.95. The molecule has 3 heteroatoms. The van der Waals surface area contributed by atoms with Gasteiger partial charge in [0.25, 0.3) is 0 Å². The van der Waals surface area contributed by atoms with Crippen molar-refractivity contribution in [3.63, 3.8) is 0 Å². The molecule has 0 aliphatic carbocycles. The molecule has 0 aromatic heterocycles. The van der Waals surface area contributed by atoms with Gasteiger partial charge in [-0.1, -0.05) is 0 Å². The van der Waals surface area contributed by atoms with E-state index in [1.54, 1.807) is 18.2 Å². The van der Waals surface area contributed by atoms with E-state index in [4.69, 9.17) is 9.84 Å². The lowest BCUT2D eigenvalue weighted by atomic mass is 10.3. The highest BCUT2D eigenvalue weighted by Gasteiger charge is 2.03. The molecule has 0 heterocycles. The number of phenols is 1. The lowest BCUT2D eigenvalue weighted by Gasteiger charge is -2.11. The summed E-state index contributed by atoms with van der Waals surface area (Å²) in [5.41, 5.74) is 0. The van der Waals surface area contributed by atoms with Crippen molar-refractivity contribution in [1.29, 1.82) is 0 Å². The lowest BCUT2D eigenvalue weighted by molar-refractivity contribution is 0.240. The number of hydrogen-bond acceptors (Lipinski definition) is 2. The summed E-state index contributed by atoms with van der Waals surface area (Å²) in [6, 6.07) is 5.08. The maximum Gasteiger partial charge on any atom is 0.133 e. The van der Waals surface area contributed by atoms with E-state index in [0.717, 1.165) is 9.32 Å². The fraction of sp³-hybridized carbons (Fsp3) is 0.333. The molecule has 66 valence electrons. The van der Waals surface area contributed by atoms with Crippen molar-refractivity contribution in [3.05, 3.63) is 21.8 Å². The van der Waals surface area contributed by atoms with Crippen LogP contribution in [-0.4, -0.2) is 11.2 Å². The molecule has 0 aliphatic rings. The first-order valence-electron chi connectivity index (χ1n) is 3.75. The van der Waals surface area contributed by atoms with Crippen molar-refractivity contribution < 1.29 is 9.84 Å². The van der Waals surface area contributed by atoms with Gasteiger partial charge in [-0.25, -0.2) is 0 Å². The third kappa shape index (κ3) is 2.55. The lowest BCUT2D eigenvalue weighted by Crippen LogP contribution is -2.06. The van der Waals surface area contributed by atoms with E-state index in [2.05, 4.69) is 22.6 Å². The number of aromatic hydroxyl groups is 1. The molecule has 2 nitrogen and oxygen atoms in total. The van der Waals surface area contributed by atoms with Gasteiger partial charge in [0.15, 0.2) is 0 Å². The van der Waals surface area contributed by atoms with Gasteiger partial charge in [-0.15, -0.1) is 0 Å². The fourth-order valence-electron chi connectivity index (χ4n) is 0.839. The minimum atomic E-state index is 0.169. The second-order valence-corrected chi connectivity index (χ2v) is 3.94. The Labute approximate surface area is 85.7 Å². The smallest absolute Gasteiger partial charge is 0.133 e. The molecular weight excluding hydrogens is 267 g/mol. The van der Waals surface area contributed by atoms with Crippen LogP contribution in [0.1, 0.15) is 13.8 Å². The summed E-state index contributed by atoms with van der Waals surface area (Å²) in [6.07, 6.45) is 0.169. The molecule has 0 radical (unpaired) electrons. The molecule has 12 heavy (non-hydrogen) atoms. The molecule has 0 unspecified atom stereocenters. The second-order valence-electron chi connectivity index (χ2n) is 2.78. The maximum absolute atomic E-state index is 9.11. The van der Waals surface area contributed by atoms with E-state index in [1.165, 1.54) is 0 Å². The fourth-order valence-corrected chi connectivity index (χ4v) is 1.47. The molecule has 0 bridgehead atoms. The van der Waals surface area contributed by atoms with Crippen molar-refractivity contribution in [1.82, 2.24) is 0 Å². The zero-order chi connectivity index (χ0) is 9.14. The Morgan fingerprint density at radius 2 is 2.08 bits per heavy atom. The van der Waals surface area contributed by atoms with Gasteiger partial charge < -0.3 is 9.84 Å². The average molecular weight is 278 g/mol. The molecular formula is C9H11IO2. The quantitative estimate of drug-likeness (QED) is 0.843. The van der Waals surface area contributed by atoms with Gasteiger partial charge in [0.05, 0.1) is 9.67 Å². The zero-order valence-corrected chi connectivity index (χ0v) is 9.20. The van der Waals surface area contributed by atoms with Crippen LogP contribution in [-0.2, 0) is 0 Å². The number of benzene rings is 1.